The molecule has 0 rings (SSSR count). The van der Waals surface area contributed by atoms with Gasteiger partial charge in [-0.15, -0.1) is 0 Å². The summed E-state index contributed by atoms with van der Waals surface area (Å²) in [5, 5.41) is 11.2. The van der Waals surface area contributed by atoms with E-state index in [1.54, 1.807) is 11.8 Å². The summed E-state index contributed by atoms with van der Waals surface area (Å²) in [5.74, 6) is -0.716. The van der Waals surface area contributed by atoms with Crippen LogP contribution in [-0.4, -0.2) is 40.6 Å². The zero-order valence-electron chi connectivity index (χ0n) is 9.24. The maximum absolute atomic E-state index is 11.5. The van der Waals surface area contributed by atoms with E-state index >= 15 is 0 Å². The number of carboxylic acids is 1. The van der Waals surface area contributed by atoms with Crippen molar-refractivity contribution in [2.75, 3.05) is 12.0 Å². The lowest BCUT2D eigenvalue weighted by atomic mass is 10.1. The molecule has 1 amide bonds. The number of carbonyl (C=O) groups excluding carboxylic acids is 1. The molecule has 0 bridgehead atoms. The number of hydrogen-bond acceptors (Lipinski definition) is 4. The Labute approximate surface area is 93.8 Å². The molecule has 1 atom stereocenters. The third-order valence-electron chi connectivity index (χ3n) is 1.94. The summed E-state index contributed by atoms with van der Waals surface area (Å²) in [6.45, 7) is 2.85. The van der Waals surface area contributed by atoms with Crippen LogP contribution in [0.15, 0.2) is 0 Å². The van der Waals surface area contributed by atoms with Crippen molar-refractivity contribution in [3.63, 3.8) is 0 Å². The van der Waals surface area contributed by atoms with Crippen LogP contribution in [0.2, 0.25) is 0 Å². The molecule has 88 valence electrons. The fourth-order valence-electron chi connectivity index (χ4n) is 0.830. The number of nitrogens with one attached hydrogen (secondary N) is 1. The lowest BCUT2D eigenvalue weighted by molar-refractivity contribution is -0.146. The highest BCUT2D eigenvalue weighted by atomic mass is 32.2. The SMILES string of the molecule is CSCC[C@H](N)C(=O)NC(C)(C)C(=O)O. The topological polar surface area (TPSA) is 92.4 Å². The molecular weight excluding hydrogens is 216 g/mol. The van der Waals surface area contributed by atoms with E-state index in [0.29, 0.717) is 6.42 Å². The molecule has 0 aliphatic rings. The number of nitrogens with two attached hydrogens (primary N) is 1. The number of aliphatic carboxylic acids is 1. The maximum atomic E-state index is 11.5. The molecule has 15 heavy (non-hydrogen) atoms. The Kier molecular flexibility index (Phi) is 5.67. The van der Waals surface area contributed by atoms with Gasteiger partial charge in [0.1, 0.15) is 5.54 Å². The van der Waals surface area contributed by atoms with Gasteiger partial charge in [-0.05, 0) is 32.3 Å². The van der Waals surface area contributed by atoms with Crippen LogP contribution in [0.3, 0.4) is 0 Å². The molecule has 6 heteroatoms. The molecule has 0 fully saturated rings. The highest BCUT2D eigenvalue weighted by Crippen LogP contribution is 2.04. The third kappa shape index (κ3) is 5.03. The largest absolute Gasteiger partial charge is 0.480 e. The number of amides is 1. The molecule has 4 N–H and O–H groups in total. The molecule has 0 saturated carbocycles. The van der Waals surface area contributed by atoms with E-state index in [0.717, 1.165) is 5.75 Å². The number of thioether (sulfide) groups is 1. The van der Waals surface area contributed by atoms with E-state index in [1.165, 1.54) is 13.8 Å². The molecule has 0 aliphatic heterocycles. The highest BCUT2D eigenvalue weighted by molar-refractivity contribution is 7.98. The second kappa shape index (κ2) is 5.97. The Hall–Kier alpha value is -0.750. The van der Waals surface area contributed by atoms with E-state index in [-0.39, 0.29) is 0 Å². The minimum Gasteiger partial charge on any atom is -0.480 e. The first-order chi connectivity index (χ1) is 6.81. The van der Waals surface area contributed by atoms with E-state index in [2.05, 4.69) is 5.32 Å². The van der Waals surface area contributed by atoms with Crippen molar-refractivity contribution in [1.82, 2.24) is 5.32 Å². The standard InChI is InChI=1S/C9H18N2O3S/c1-9(2,8(13)14)11-7(12)6(10)4-5-15-3/h6H,4-5,10H2,1-3H3,(H,11,12)(H,13,14)/t6-/m0/s1. The molecule has 0 saturated heterocycles. The lowest BCUT2D eigenvalue weighted by Crippen LogP contribution is -2.54. The van der Waals surface area contributed by atoms with Crippen molar-refractivity contribution in [1.29, 1.82) is 0 Å². The van der Waals surface area contributed by atoms with Gasteiger partial charge in [0, 0.05) is 0 Å². The van der Waals surface area contributed by atoms with Gasteiger partial charge in [-0.25, -0.2) is 4.79 Å². The smallest absolute Gasteiger partial charge is 0.328 e. The predicted octanol–water partition coefficient (Wildman–Crippen LogP) is 0.0462. The first-order valence-corrected chi connectivity index (χ1v) is 6.00. The number of rotatable bonds is 6. The summed E-state index contributed by atoms with van der Waals surface area (Å²) in [6.07, 6.45) is 2.47. The fraction of sp³-hybridized carbons (Fsp3) is 0.778. The molecular formula is C9H18N2O3S. The van der Waals surface area contributed by atoms with Gasteiger partial charge in [0.05, 0.1) is 6.04 Å². The summed E-state index contributed by atoms with van der Waals surface area (Å²) < 4.78 is 0. The van der Waals surface area contributed by atoms with Crippen molar-refractivity contribution in [3.05, 3.63) is 0 Å². The summed E-state index contributed by atoms with van der Waals surface area (Å²) >= 11 is 1.60. The third-order valence-corrected chi connectivity index (χ3v) is 2.58. The van der Waals surface area contributed by atoms with Gasteiger partial charge < -0.3 is 16.2 Å². The number of carbonyl (C=O) groups is 2. The summed E-state index contributed by atoms with van der Waals surface area (Å²) in [6, 6.07) is -0.643. The minimum atomic E-state index is -1.27. The van der Waals surface area contributed by atoms with E-state index in [9.17, 15) is 9.59 Å². The molecule has 0 radical (unpaired) electrons. The van der Waals surface area contributed by atoms with Crippen LogP contribution in [0.4, 0.5) is 0 Å². The van der Waals surface area contributed by atoms with E-state index < -0.39 is 23.5 Å². The molecule has 0 aromatic rings. The van der Waals surface area contributed by atoms with Crippen LogP contribution in [-0.2, 0) is 9.59 Å². The summed E-state index contributed by atoms with van der Waals surface area (Å²) in [4.78, 5) is 22.2. The van der Waals surface area contributed by atoms with Crippen LogP contribution in [0.1, 0.15) is 20.3 Å². The Morgan fingerprint density at radius 2 is 2.07 bits per heavy atom. The Bertz CT molecular complexity index is 244. The molecule has 0 aliphatic carbocycles. The van der Waals surface area contributed by atoms with Crippen LogP contribution in [0.5, 0.6) is 0 Å². The predicted molar refractivity (Wildman–Crippen MR) is 60.8 cm³/mol. The van der Waals surface area contributed by atoms with Crippen LogP contribution in [0.25, 0.3) is 0 Å². The van der Waals surface area contributed by atoms with Gasteiger partial charge in [0.2, 0.25) is 5.91 Å². The number of carboxylic acid groups (broad SMARTS) is 1. The second-order valence-corrected chi connectivity index (χ2v) is 4.79. The minimum absolute atomic E-state index is 0.420. The summed E-state index contributed by atoms with van der Waals surface area (Å²) in [5.41, 5.74) is 4.32. The average molecular weight is 234 g/mol. The van der Waals surface area contributed by atoms with Gasteiger partial charge in [0.25, 0.3) is 0 Å². The Balaban J connectivity index is 4.18. The summed E-state index contributed by atoms with van der Waals surface area (Å²) in [7, 11) is 0. The van der Waals surface area contributed by atoms with Gasteiger partial charge in [-0.3, -0.25) is 4.79 Å². The normalized spacial score (nSPS) is 13.3. The monoisotopic (exact) mass is 234 g/mol. The van der Waals surface area contributed by atoms with Gasteiger partial charge in [0.15, 0.2) is 0 Å². The van der Waals surface area contributed by atoms with Gasteiger partial charge in [-0.2, -0.15) is 11.8 Å². The quantitative estimate of drug-likeness (QED) is 0.603. The van der Waals surface area contributed by atoms with Crippen LogP contribution < -0.4 is 11.1 Å². The zero-order chi connectivity index (χ0) is 12.1. The van der Waals surface area contributed by atoms with E-state index in [4.69, 9.17) is 10.8 Å². The first kappa shape index (κ1) is 14.2. The number of hydrogen-bond donors (Lipinski definition) is 3. The highest BCUT2D eigenvalue weighted by Gasteiger charge is 2.30. The average Bonchev–Trinajstić information content (AvgIpc) is 2.13. The van der Waals surface area contributed by atoms with Gasteiger partial charge in [-0.1, -0.05) is 0 Å². The first-order valence-electron chi connectivity index (χ1n) is 4.61. The molecule has 0 spiro atoms. The Morgan fingerprint density at radius 3 is 2.47 bits per heavy atom. The Morgan fingerprint density at radius 1 is 1.53 bits per heavy atom. The fourth-order valence-corrected chi connectivity index (χ4v) is 1.32. The maximum Gasteiger partial charge on any atom is 0.328 e. The molecule has 5 nitrogen and oxygen atoms in total. The molecule has 0 aromatic heterocycles. The lowest BCUT2D eigenvalue weighted by Gasteiger charge is -2.23. The second-order valence-electron chi connectivity index (χ2n) is 3.81. The van der Waals surface area contributed by atoms with Crippen LogP contribution in [0, 0.1) is 0 Å². The van der Waals surface area contributed by atoms with E-state index in [1.807, 2.05) is 6.26 Å². The van der Waals surface area contributed by atoms with Gasteiger partial charge >= 0.3 is 5.97 Å². The van der Waals surface area contributed by atoms with Crippen molar-refractivity contribution in [3.8, 4) is 0 Å². The molecule has 0 heterocycles. The van der Waals surface area contributed by atoms with Crippen LogP contribution >= 0.6 is 11.8 Å². The van der Waals surface area contributed by atoms with Crippen molar-refractivity contribution in [2.45, 2.75) is 31.8 Å². The van der Waals surface area contributed by atoms with Crippen molar-refractivity contribution >= 4 is 23.6 Å². The van der Waals surface area contributed by atoms with Crippen molar-refractivity contribution in [2.24, 2.45) is 5.73 Å². The molecule has 0 aromatic carbocycles. The zero-order valence-corrected chi connectivity index (χ0v) is 10.1. The molecule has 0 unspecified atom stereocenters. The van der Waals surface area contributed by atoms with Crippen molar-refractivity contribution < 1.29 is 14.7 Å².